The number of hydrogen-bond donors (Lipinski definition) is 1. The van der Waals surface area contributed by atoms with E-state index in [1.807, 2.05) is 6.07 Å². The van der Waals surface area contributed by atoms with Gasteiger partial charge in [-0.3, -0.25) is 0 Å². The molecule has 0 unspecified atom stereocenters. The molecule has 188 valence electrons. The number of amides is 1. The van der Waals surface area contributed by atoms with Crippen molar-refractivity contribution in [2.75, 3.05) is 13.7 Å². The molecule has 1 N–H and O–H groups in total. The minimum Gasteiger partial charge on any atom is -0.465 e. The van der Waals surface area contributed by atoms with E-state index in [0.717, 1.165) is 5.56 Å². The standard InChI is InChI=1S/C25H29ClN2O6S/c1-25(2,3)34-24(30)28-16-20(27-35(31,32)22-12-9-19(26)10-13-22)15-21(28)11-8-17-6-5-7-18(14-17)23(29)33-4/h5-14,20-21,27H,15-16H2,1-4H3/b11-8-/t20-,21-/m1/s1. The zero-order valence-electron chi connectivity index (χ0n) is 20.0. The highest BCUT2D eigenvalue weighted by molar-refractivity contribution is 7.89. The number of nitrogens with zero attached hydrogens (tertiary/aromatic N) is 1. The number of esters is 1. The number of halogens is 1. The van der Waals surface area contributed by atoms with Crippen molar-refractivity contribution in [3.63, 3.8) is 0 Å². The molecule has 0 spiro atoms. The molecule has 3 rings (SSSR count). The molecule has 0 radical (unpaired) electrons. The number of hydrogen-bond acceptors (Lipinski definition) is 6. The van der Waals surface area contributed by atoms with E-state index in [0.29, 0.717) is 17.0 Å². The Morgan fingerprint density at radius 3 is 2.46 bits per heavy atom. The summed E-state index contributed by atoms with van der Waals surface area (Å²) in [6.07, 6.45) is 3.39. The largest absolute Gasteiger partial charge is 0.465 e. The Kier molecular flexibility index (Phi) is 8.25. The zero-order valence-corrected chi connectivity index (χ0v) is 21.6. The average molecular weight is 521 g/mol. The summed E-state index contributed by atoms with van der Waals surface area (Å²) in [5.41, 5.74) is 0.432. The molecular weight excluding hydrogens is 492 g/mol. The van der Waals surface area contributed by atoms with Crippen LogP contribution in [0.25, 0.3) is 6.08 Å². The summed E-state index contributed by atoms with van der Waals surface area (Å²) in [7, 11) is -2.50. The van der Waals surface area contributed by atoms with Crippen LogP contribution in [-0.2, 0) is 19.5 Å². The molecule has 10 heteroatoms. The maximum Gasteiger partial charge on any atom is 0.410 e. The molecule has 1 aliphatic heterocycles. The van der Waals surface area contributed by atoms with E-state index >= 15 is 0 Å². The third kappa shape index (κ3) is 7.30. The van der Waals surface area contributed by atoms with Crippen molar-refractivity contribution in [2.24, 2.45) is 0 Å². The number of methoxy groups -OCH3 is 1. The molecule has 2 aromatic carbocycles. The lowest BCUT2D eigenvalue weighted by Gasteiger charge is -2.27. The molecule has 1 aliphatic rings. The summed E-state index contributed by atoms with van der Waals surface area (Å²) in [5, 5.41) is 0.433. The van der Waals surface area contributed by atoms with Crippen LogP contribution in [0.4, 0.5) is 4.79 Å². The Morgan fingerprint density at radius 2 is 1.83 bits per heavy atom. The summed E-state index contributed by atoms with van der Waals surface area (Å²) in [6.45, 7) is 5.44. The van der Waals surface area contributed by atoms with Crippen molar-refractivity contribution < 1.29 is 27.5 Å². The second kappa shape index (κ2) is 10.8. The van der Waals surface area contributed by atoms with Crippen molar-refractivity contribution >= 4 is 39.8 Å². The summed E-state index contributed by atoms with van der Waals surface area (Å²) >= 11 is 5.87. The Labute approximate surface area is 210 Å². The number of nitrogens with one attached hydrogen (secondary N) is 1. The Hall–Kier alpha value is -2.88. The monoisotopic (exact) mass is 520 g/mol. The van der Waals surface area contributed by atoms with Gasteiger partial charge in [-0.25, -0.2) is 22.7 Å². The number of rotatable bonds is 6. The number of likely N-dealkylation sites (tertiary alicyclic amines) is 1. The maximum atomic E-state index is 12.9. The Morgan fingerprint density at radius 1 is 1.14 bits per heavy atom. The van der Waals surface area contributed by atoms with E-state index in [-0.39, 0.29) is 11.4 Å². The lowest BCUT2D eigenvalue weighted by molar-refractivity contribution is 0.0253. The van der Waals surface area contributed by atoms with Gasteiger partial charge in [-0.2, -0.15) is 0 Å². The van der Waals surface area contributed by atoms with Crippen LogP contribution in [0, 0.1) is 0 Å². The number of ether oxygens (including phenoxy) is 2. The molecule has 8 nitrogen and oxygen atoms in total. The van der Waals surface area contributed by atoms with Crippen molar-refractivity contribution in [2.45, 2.75) is 49.8 Å². The van der Waals surface area contributed by atoms with Crippen LogP contribution in [0.2, 0.25) is 5.02 Å². The molecule has 1 amide bonds. The van der Waals surface area contributed by atoms with E-state index in [1.165, 1.54) is 36.3 Å². The first-order valence-corrected chi connectivity index (χ1v) is 12.9. The van der Waals surface area contributed by atoms with Gasteiger partial charge in [0.25, 0.3) is 0 Å². The number of benzene rings is 2. The van der Waals surface area contributed by atoms with E-state index in [9.17, 15) is 18.0 Å². The first kappa shape index (κ1) is 26.7. The summed E-state index contributed by atoms with van der Waals surface area (Å²) in [5.74, 6) is -0.451. The molecular formula is C25H29ClN2O6S. The molecule has 0 aromatic heterocycles. The second-order valence-corrected chi connectivity index (χ2v) is 11.3. The predicted octanol–water partition coefficient (Wildman–Crippen LogP) is 4.50. The van der Waals surface area contributed by atoms with Gasteiger partial charge in [0.2, 0.25) is 10.0 Å². The molecule has 1 fully saturated rings. The van der Waals surface area contributed by atoms with Crippen LogP contribution in [0.15, 0.2) is 59.5 Å². The fourth-order valence-electron chi connectivity index (χ4n) is 3.67. The summed E-state index contributed by atoms with van der Waals surface area (Å²) in [4.78, 5) is 26.3. The van der Waals surface area contributed by atoms with E-state index in [1.54, 1.807) is 51.1 Å². The normalized spacial score (nSPS) is 18.6. The van der Waals surface area contributed by atoms with Crippen molar-refractivity contribution in [3.8, 4) is 0 Å². The van der Waals surface area contributed by atoms with Crippen molar-refractivity contribution in [3.05, 3.63) is 70.8 Å². The van der Waals surface area contributed by atoms with Crippen LogP contribution >= 0.6 is 11.6 Å². The molecule has 0 aliphatic carbocycles. The van der Waals surface area contributed by atoms with Crippen molar-refractivity contribution in [1.82, 2.24) is 9.62 Å². The van der Waals surface area contributed by atoms with Gasteiger partial charge in [-0.15, -0.1) is 0 Å². The van der Waals surface area contributed by atoms with Crippen LogP contribution in [0.3, 0.4) is 0 Å². The van der Waals surface area contributed by atoms with Gasteiger partial charge in [0.05, 0.1) is 23.6 Å². The van der Waals surface area contributed by atoms with Crippen LogP contribution in [0.5, 0.6) is 0 Å². The van der Waals surface area contributed by atoms with Gasteiger partial charge >= 0.3 is 12.1 Å². The molecule has 1 saturated heterocycles. The highest BCUT2D eigenvalue weighted by atomic mass is 35.5. The van der Waals surface area contributed by atoms with Crippen LogP contribution < -0.4 is 4.72 Å². The fraction of sp³-hybridized carbons (Fsp3) is 0.360. The fourth-order valence-corrected chi connectivity index (χ4v) is 5.04. The SMILES string of the molecule is COC(=O)c1cccc(/C=C\[C@@H]2C[C@@H](NS(=O)(=O)c3ccc(Cl)cc3)CN2C(=O)OC(C)(C)C)c1. The lowest BCUT2D eigenvalue weighted by atomic mass is 10.1. The van der Waals surface area contributed by atoms with Gasteiger partial charge in [0.1, 0.15) is 5.60 Å². The highest BCUT2D eigenvalue weighted by Crippen LogP contribution is 2.25. The van der Waals surface area contributed by atoms with Gasteiger partial charge in [0.15, 0.2) is 0 Å². The lowest BCUT2D eigenvalue weighted by Crippen LogP contribution is -2.41. The highest BCUT2D eigenvalue weighted by Gasteiger charge is 2.38. The summed E-state index contributed by atoms with van der Waals surface area (Å²) in [6, 6.07) is 11.8. The topological polar surface area (TPSA) is 102 Å². The van der Waals surface area contributed by atoms with Gasteiger partial charge in [-0.05, 0) is 69.2 Å². The molecule has 2 aromatic rings. The van der Waals surface area contributed by atoms with E-state index in [4.69, 9.17) is 21.1 Å². The quantitative estimate of drug-likeness (QED) is 0.563. The maximum absolute atomic E-state index is 12.9. The minimum absolute atomic E-state index is 0.0873. The molecule has 1 heterocycles. The van der Waals surface area contributed by atoms with Crippen molar-refractivity contribution in [1.29, 1.82) is 0 Å². The zero-order chi connectivity index (χ0) is 25.8. The second-order valence-electron chi connectivity index (χ2n) is 9.18. The smallest absolute Gasteiger partial charge is 0.410 e. The number of sulfonamides is 1. The van der Waals surface area contributed by atoms with Crippen LogP contribution in [-0.4, -0.2) is 56.7 Å². The summed E-state index contributed by atoms with van der Waals surface area (Å²) < 4.78 is 38.7. The predicted molar refractivity (Wildman–Crippen MR) is 134 cm³/mol. The minimum atomic E-state index is -3.82. The van der Waals surface area contributed by atoms with E-state index in [2.05, 4.69) is 4.72 Å². The Balaban J connectivity index is 1.82. The van der Waals surface area contributed by atoms with Gasteiger partial charge in [0, 0.05) is 17.6 Å². The van der Waals surface area contributed by atoms with E-state index < -0.39 is 39.8 Å². The third-order valence-electron chi connectivity index (χ3n) is 5.24. The number of carbonyl (C=O) groups is 2. The molecule has 2 atom stereocenters. The Bertz CT molecular complexity index is 1210. The molecule has 35 heavy (non-hydrogen) atoms. The molecule has 0 bridgehead atoms. The van der Waals surface area contributed by atoms with Gasteiger partial charge in [-0.1, -0.05) is 35.9 Å². The first-order valence-electron chi connectivity index (χ1n) is 11.0. The molecule has 0 saturated carbocycles. The third-order valence-corrected chi connectivity index (χ3v) is 7.02. The number of carbonyl (C=O) groups excluding carboxylic acids is 2. The average Bonchev–Trinajstić information content (AvgIpc) is 3.18. The van der Waals surface area contributed by atoms with Gasteiger partial charge < -0.3 is 14.4 Å². The van der Waals surface area contributed by atoms with Crippen LogP contribution in [0.1, 0.15) is 43.1 Å². The first-order chi connectivity index (χ1) is 16.4.